The Balaban J connectivity index is 1.51. The Bertz CT molecular complexity index is 1210. The van der Waals surface area contributed by atoms with Crippen molar-refractivity contribution in [2.75, 3.05) is 6.61 Å². The molecule has 0 spiro atoms. The van der Waals surface area contributed by atoms with Crippen molar-refractivity contribution in [1.29, 1.82) is 5.26 Å². The van der Waals surface area contributed by atoms with Gasteiger partial charge in [-0.3, -0.25) is 4.79 Å². The van der Waals surface area contributed by atoms with Crippen molar-refractivity contribution in [3.05, 3.63) is 76.6 Å². The molecule has 5 nitrogen and oxygen atoms in total. The topological polar surface area (TPSA) is 67.0 Å². The number of aryl methyl sites for hydroxylation is 1. The van der Waals surface area contributed by atoms with Crippen LogP contribution in [0.4, 0.5) is 0 Å². The summed E-state index contributed by atoms with van der Waals surface area (Å²) >= 11 is 0. The van der Waals surface area contributed by atoms with Gasteiger partial charge in [0.25, 0.3) is 5.91 Å². The summed E-state index contributed by atoms with van der Waals surface area (Å²) in [4.78, 5) is 12.9. The molecule has 2 aromatic carbocycles. The van der Waals surface area contributed by atoms with Crippen molar-refractivity contribution in [1.82, 2.24) is 9.88 Å². The molecule has 0 radical (unpaired) electrons. The average molecular weight is 428 g/mol. The molecule has 1 aromatic heterocycles. The second kappa shape index (κ2) is 9.42. The maximum Gasteiger partial charge on any atom is 0.262 e. The fraction of sp³-hybridized carbons (Fsp3) is 0.333. The molecular formula is C27H29N3O2. The lowest BCUT2D eigenvalue weighted by molar-refractivity contribution is -0.117. The van der Waals surface area contributed by atoms with E-state index in [2.05, 4.69) is 40.2 Å². The van der Waals surface area contributed by atoms with E-state index >= 15 is 0 Å². The van der Waals surface area contributed by atoms with Crippen LogP contribution in [0.1, 0.15) is 48.3 Å². The highest BCUT2D eigenvalue weighted by atomic mass is 16.5. The van der Waals surface area contributed by atoms with Gasteiger partial charge < -0.3 is 14.6 Å². The number of nitrogens with zero attached hydrogens (tertiary/aromatic N) is 2. The van der Waals surface area contributed by atoms with Crippen LogP contribution >= 0.6 is 0 Å². The Morgan fingerprint density at radius 3 is 2.75 bits per heavy atom. The molecule has 1 aliphatic heterocycles. The fourth-order valence-corrected chi connectivity index (χ4v) is 4.39. The number of fused-ring (bicyclic) bond motifs is 1. The monoisotopic (exact) mass is 427 g/mol. The molecule has 0 bridgehead atoms. The highest BCUT2D eigenvalue weighted by Gasteiger charge is 2.20. The Hall–Kier alpha value is -3.36. The SMILES string of the molecule is Cc1cc(C=C(C#N)C(=O)NC(C)c2ccc3ccccc3c2)c(C)n1CC1CCCO1. The molecule has 1 amide bonds. The molecule has 32 heavy (non-hydrogen) atoms. The number of rotatable bonds is 6. The first-order valence-corrected chi connectivity index (χ1v) is 11.2. The van der Waals surface area contributed by atoms with Crippen molar-refractivity contribution in [2.24, 2.45) is 0 Å². The van der Waals surface area contributed by atoms with Gasteiger partial charge in [-0.1, -0.05) is 36.4 Å². The van der Waals surface area contributed by atoms with E-state index in [0.29, 0.717) is 0 Å². The number of hydrogen-bond donors (Lipinski definition) is 1. The molecule has 2 unspecified atom stereocenters. The van der Waals surface area contributed by atoms with Gasteiger partial charge in [0.2, 0.25) is 0 Å². The molecule has 0 aliphatic carbocycles. The molecular weight excluding hydrogens is 398 g/mol. The van der Waals surface area contributed by atoms with Crippen LogP contribution in [0.3, 0.4) is 0 Å². The van der Waals surface area contributed by atoms with E-state index in [1.807, 2.05) is 45.0 Å². The van der Waals surface area contributed by atoms with Crippen LogP contribution in [-0.2, 0) is 16.1 Å². The lowest BCUT2D eigenvalue weighted by Gasteiger charge is -2.15. The maximum atomic E-state index is 12.9. The number of benzene rings is 2. The zero-order valence-corrected chi connectivity index (χ0v) is 18.9. The first-order chi connectivity index (χ1) is 15.5. The number of carbonyl (C=O) groups excluding carboxylic acids is 1. The van der Waals surface area contributed by atoms with Gasteiger partial charge in [-0.2, -0.15) is 5.26 Å². The molecule has 2 atom stereocenters. The van der Waals surface area contributed by atoms with Crippen molar-refractivity contribution in [3.63, 3.8) is 0 Å². The number of carbonyl (C=O) groups is 1. The van der Waals surface area contributed by atoms with Crippen LogP contribution in [-0.4, -0.2) is 23.2 Å². The van der Waals surface area contributed by atoms with E-state index in [1.54, 1.807) is 6.08 Å². The van der Waals surface area contributed by atoms with Crippen LogP contribution < -0.4 is 5.32 Å². The minimum absolute atomic E-state index is 0.106. The third-order valence-electron chi connectivity index (χ3n) is 6.31. The molecule has 1 saturated heterocycles. The second-order valence-electron chi connectivity index (χ2n) is 8.54. The van der Waals surface area contributed by atoms with E-state index in [0.717, 1.165) is 59.3 Å². The van der Waals surface area contributed by atoms with Gasteiger partial charge in [0.1, 0.15) is 11.6 Å². The lowest BCUT2D eigenvalue weighted by Crippen LogP contribution is -2.27. The third kappa shape index (κ3) is 4.61. The molecule has 1 aliphatic rings. The van der Waals surface area contributed by atoms with Gasteiger partial charge in [-0.25, -0.2) is 0 Å². The molecule has 1 N–H and O–H groups in total. The predicted octanol–water partition coefficient (Wildman–Crippen LogP) is 5.22. The van der Waals surface area contributed by atoms with Gasteiger partial charge in [0.15, 0.2) is 0 Å². The van der Waals surface area contributed by atoms with Crippen LogP contribution in [0.15, 0.2) is 54.1 Å². The summed E-state index contributed by atoms with van der Waals surface area (Å²) in [5.41, 5.74) is 4.15. The molecule has 0 saturated carbocycles. The Morgan fingerprint density at radius 1 is 1.25 bits per heavy atom. The van der Waals surface area contributed by atoms with Gasteiger partial charge >= 0.3 is 0 Å². The largest absolute Gasteiger partial charge is 0.376 e. The summed E-state index contributed by atoms with van der Waals surface area (Å²) in [6.07, 6.45) is 4.10. The quantitative estimate of drug-likeness (QED) is 0.433. The number of amides is 1. The summed E-state index contributed by atoms with van der Waals surface area (Å²) in [5, 5.41) is 14.9. The molecule has 1 fully saturated rings. The normalized spacial score (nSPS) is 17.3. The van der Waals surface area contributed by atoms with Gasteiger partial charge in [0.05, 0.1) is 12.1 Å². The van der Waals surface area contributed by atoms with Crippen LogP contribution in [0.25, 0.3) is 16.8 Å². The molecule has 2 heterocycles. The third-order valence-corrected chi connectivity index (χ3v) is 6.31. The number of ether oxygens (including phenoxy) is 1. The first kappa shape index (κ1) is 21.9. The fourth-order valence-electron chi connectivity index (χ4n) is 4.39. The van der Waals surface area contributed by atoms with Crippen molar-refractivity contribution in [3.8, 4) is 6.07 Å². The minimum Gasteiger partial charge on any atom is -0.376 e. The Kier molecular flexibility index (Phi) is 6.43. The van der Waals surface area contributed by atoms with Crippen LogP contribution in [0, 0.1) is 25.2 Å². The molecule has 3 aromatic rings. The van der Waals surface area contributed by atoms with Crippen molar-refractivity contribution in [2.45, 2.75) is 52.3 Å². The van der Waals surface area contributed by atoms with E-state index in [4.69, 9.17) is 4.74 Å². The zero-order chi connectivity index (χ0) is 22.7. The van der Waals surface area contributed by atoms with E-state index in [9.17, 15) is 10.1 Å². The summed E-state index contributed by atoms with van der Waals surface area (Å²) in [5.74, 6) is -0.364. The van der Waals surface area contributed by atoms with Crippen molar-refractivity contribution < 1.29 is 9.53 Å². The Labute approximate surface area is 189 Å². The second-order valence-corrected chi connectivity index (χ2v) is 8.54. The predicted molar refractivity (Wildman–Crippen MR) is 127 cm³/mol. The summed E-state index contributed by atoms with van der Waals surface area (Å²) in [6.45, 7) is 7.64. The highest BCUT2D eigenvalue weighted by Crippen LogP contribution is 2.23. The van der Waals surface area contributed by atoms with Gasteiger partial charge in [-0.15, -0.1) is 0 Å². The number of aromatic nitrogens is 1. The summed E-state index contributed by atoms with van der Waals surface area (Å²) in [6, 6.07) is 18.2. The molecule has 4 rings (SSSR count). The number of hydrogen-bond acceptors (Lipinski definition) is 3. The van der Waals surface area contributed by atoms with Gasteiger partial charge in [-0.05, 0) is 73.7 Å². The van der Waals surface area contributed by atoms with E-state index in [1.165, 1.54) is 0 Å². The average Bonchev–Trinajstić information content (AvgIpc) is 3.40. The lowest BCUT2D eigenvalue weighted by atomic mass is 10.0. The maximum absolute atomic E-state index is 12.9. The minimum atomic E-state index is -0.364. The number of nitriles is 1. The smallest absolute Gasteiger partial charge is 0.262 e. The first-order valence-electron chi connectivity index (χ1n) is 11.2. The standard InChI is InChI=1S/C27H29N3O2/c1-18-13-24(20(3)30(18)17-26-9-6-12-32-26)15-25(16-28)27(31)29-19(2)22-11-10-21-7-4-5-8-23(21)14-22/h4-5,7-8,10-11,13-15,19,26H,6,9,12,17H2,1-3H3,(H,29,31). The highest BCUT2D eigenvalue weighted by molar-refractivity contribution is 6.02. The molecule has 5 heteroatoms. The summed E-state index contributed by atoms with van der Waals surface area (Å²) in [7, 11) is 0. The Morgan fingerprint density at radius 2 is 2.03 bits per heavy atom. The van der Waals surface area contributed by atoms with Crippen LogP contribution in [0.5, 0.6) is 0 Å². The van der Waals surface area contributed by atoms with Crippen LogP contribution in [0.2, 0.25) is 0 Å². The van der Waals surface area contributed by atoms with E-state index in [-0.39, 0.29) is 23.6 Å². The van der Waals surface area contributed by atoms with Gasteiger partial charge in [0, 0.05) is 24.5 Å². The van der Waals surface area contributed by atoms with E-state index < -0.39 is 0 Å². The zero-order valence-electron chi connectivity index (χ0n) is 18.9. The van der Waals surface area contributed by atoms with Crippen molar-refractivity contribution >= 4 is 22.8 Å². The molecule has 164 valence electrons. The number of nitrogens with one attached hydrogen (secondary N) is 1. The summed E-state index contributed by atoms with van der Waals surface area (Å²) < 4.78 is 7.99.